The first-order chi connectivity index (χ1) is 9.43. The van der Waals surface area contributed by atoms with E-state index in [9.17, 15) is 23.7 Å². The van der Waals surface area contributed by atoms with Crippen LogP contribution < -0.4 is 0 Å². The number of carbonyl (C=O) groups excluding carboxylic acids is 1. The number of carbonyl (C=O) groups is 1. The number of amides is 1. The molecule has 20 heavy (non-hydrogen) atoms. The van der Waals surface area contributed by atoms with Gasteiger partial charge in [-0.1, -0.05) is 0 Å². The van der Waals surface area contributed by atoms with Crippen LogP contribution >= 0.6 is 0 Å². The maximum absolute atomic E-state index is 13.8. The standard InChI is InChI=1S/C13H14F2N2O3/c1-2-16(7-8-3-4-8)13(18)9-5-11(15)12(17(19)20)6-10(9)14/h5-6,8H,2-4,7H2,1H3. The maximum Gasteiger partial charge on any atom is 0.307 e. The van der Waals surface area contributed by atoms with Crippen LogP contribution in [0.4, 0.5) is 14.5 Å². The van der Waals surface area contributed by atoms with E-state index in [1.807, 2.05) is 0 Å². The summed E-state index contributed by atoms with van der Waals surface area (Å²) in [7, 11) is 0. The first kappa shape index (κ1) is 14.4. The summed E-state index contributed by atoms with van der Waals surface area (Å²) in [6.07, 6.45) is 2.06. The van der Waals surface area contributed by atoms with Gasteiger partial charge >= 0.3 is 5.69 Å². The Labute approximate surface area is 114 Å². The first-order valence-electron chi connectivity index (χ1n) is 6.36. The van der Waals surface area contributed by atoms with Crippen LogP contribution in [0.2, 0.25) is 0 Å². The Morgan fingerprint density at radius 2 is 2.05 bits per heavy atom. The number of nitrogens with zero attached hydrogens (tertiary/aromatic N) is 2. The Balaban J connectivity index is 2.28. The normalized spacial score (nSPS) is 14.2. The van der Waals surface area contributed by atoms with Gasteiger partial charge in [-0.25, -0.2) is 4.39 Å². The van der Waals surface area contributed by atoms with Crippen LogP contribution in [0.5, 0.6) is 0 Å². The minimum atomic E-state index is -1.21. The molecule has 0 radical (unpaired) electrons. The first-order valence-corrected chi connectivity index (χ1v) is 6.36. The Hall–Kier alpha value is -2.05. The van der Waals surface area contributed by atoms with Crippen LogP contribution in [0.3, 0.4) is 0 Å². The molecule has 1 fully saturated rings. The Morgan fingerprint density at radius 1 is 1.40 bits per heavy atom. The van der Waals surface area contributed by atoms with Crippen molar-refractivity contribution >= 4 is 11.6 Å². The molecule has 0 aromatic heterocycles. The van der Waals surface area contributed by atoms with E-state index in [0.29, 0.717) is 31.1 Å². The number of rotatable bonds is 5. The van der Waals surface area contributed by atoms with E-state index < -0.39 is 33.7 Å². The molecule has 108 valence electrons. The van der Waals surface area contributed by atoms with Crippen molar-refractivity contribution in [2.45, 2.75) is 19.8 Å². The lowest BCUT2D eigenvalue weighted by atomic mass is 10.1. The summed E-state index contributed by atoms with van der Waals surface area (Å²) in [4.78, 5) is 23.1. The molecule has 1 aromatic rings. The molecule has 0 aliphatic heterocycles. The molecule has 1 aromatic carbocycles. The van der Waals surface area contributed by atoms with Crippen LogP contribution in [0.25, 0.3) is 0 Å². The van der Waals surface area contributed by atoms with E-state index in [2.05, 4.69) is 0 Å². The van der Waals surface area contributed by atoms with Gasteiger partial charge in [-0.05, 0) is 31.7 Å². The third-order valence-corrected chi connectivity index (χ3v) is 3.31. The average molecular weight is 284 g/mol. The van der Waals surface area contributed by atoms with Gasteiger partial charge in [0.2, 0.25) is 5.82 Å². The van der Waals surface area contributed by atoms with Crippen molar-refractivity contribution in [2.75, 3.05) is 13.1 Å². The zero-order chi connectivity index (χ0) is 14.9. The summed E-state index contributed by atoms with van der Waals surface area (Å²) in [5, 5.41) is 10.5. The molecule has 0 bridgehead atoms. The molecule has 5 nitrogen and oxygen atoms in total. The van der Waals surface area contributed by atoms with Gasteiger partial charge in [-0.2, -0.15) is 4.39 Å². The molecule has 7 heteroatoms. The van der Waals surface area contributed by atoms with Gasteiger partial charge in [0.25, 0.3) is 5.91 Å². The quantitative estimate of drug-likeness (QED) is 0.617. The lowest BCUT2D eigenvalue weighted by Gasteiger charge is -2.21. The van der Waals surface area contributed by atoms with E-state index in [4.69, 9.17) is 0 Å². The van der Waals surface area contributed by atoms with E-state index in [1.165, 1.54) is 4.90 Å². The van der Waals surface area contributed by atoms with Gasteiger partial charge in [-0.3, -0.25) is 14.9 Å². The highest BCUT2D eigenvalue weighted by Gasteiger charge is 2.29. The van der Waals surface area contributed by atoms with Crippen molar-refractivity contribution in [2.24, 2.45) is 5.92 Å². The van der Waals surface area contributed by atoms with Crippen LogP contribution in [0, 0.1) is 27.7 Å². The van der Waals surface area contributed by atoms with Gasteiger partial charge in [0.05, 0.1) is 16.6 Å². The van der Waals surface area contributed by atoms with Crippen LogP contribution in [0.1, 0.15) is 30.1 Å². The van der Waals surface area contributed by atoms with Crippen molar-refractivity contribution < 1.29 is 18.5 Å². The largest absolute Gasteiger partial charge is 0.339 e. The minimum absolute atomic E-state index is 0.382. The zero-order valence-electron chi connectivity index (χ0n) is 10.9. The molecule has 0 unspecified atom stereocenters. The summed E-state index contributed by atoms with van der Waals surface area (Å²) < 4.78 is 27.3. The van der Waals surface area contributed by atoms with E-state index >= 15 is 0 Å². The highest BCUT2D eigenvalue weighted by Crippen LogP contribution is 2.30. The third-order valence-electron chi connectivity index (χ3n) is 3.31. The van der Waals surface area contributed by atoms with Crippen LogP contribution in [-0.4, -0.2) is 28.8 Å². The summed E-state index contributed by atoms with van der Waals surface area (Å²) in [6.45, 7) is 2.64. The summed E-state index contributed by atoms with van der Waals surface area (Å²) >= 11 is 0. The zero-order valence-corrected chi connectivity index (χ0v) is 10.9. The van der Waals surface area contributed by atoms with Crippen LogP contribution in [-0.2, 0) is 0 Å². The van der Waals surface area contributed by atoms with Crippen molar-refractivity contribution in [3.05, 3.63) is 39.4 Å². The van der Waals surface area contributed by atoms with E-state index in [-0.39, 0.29) is 0 Å². The molecular weight excluding hydrogens is 270 g/mol. The van der Waals surface area contributed by atoms with Crippen molar-refractivity contribution in [1.82, 2.24) is 4.90 Å². The van der Waals surface area contributed by atoms with Gasteiger partial charge in [0, 0.05) is 13.1 Å². The number of benzene rings is 1. The minimum Gasteiger partial charge on any atom is -0.339 e. The second-order valence-corrected chi connectivity index (χ2v) is 4.83. The monoisotopic (exact) mass is 284 g/mol. The highest BCUT2D eigenvalue weighted by atomic mass is 19.1. The molecule has 1 amide bonds. The predicted octanol–water partition coefficient (Wildman–Crippen LogP) is 2.75. The van der Waals surface area contributed by atoms with Gasteiger partial charge in [0.1, 0.15) is 5.82 Å². The Kier molecular flexibility index (Phi) is 3.96. The smallest absolute Gasteiger partial charge is 0.307 e. The molecule has 1 aliphatic rings. The number of nitro benzene ring substituents is 1. The second-order valence-electron chi connectivity index (χ2n) is 4.83. The molecule has 1 aliphatic carbocycles. The van der Waals surface area contributed by atoms with Crippen molar-refractivity contribution in [3.63, 3.8) is 0 Å². The summed E-state index contributed by atoms with van der Waals surface area (Å²) in [5.41, 5.74) is -1.43. The lowest BCUT2D eigenvalue weighted by Crippen LogP contribution is -2.33. The van der Waals surface area contributed by atoms with Crippen molar-refractivity contribution in [3.8, 4) is 0 Å². The number of hydrogen-bond acceptors (Lipinski definition) is 3. The third kappa shape index (κ3) is 2.92. The fraction of sp³-hybridized carbons (Fsp3) is 0.462. The highest BCUT2D eigenvalue weighted by molar-refractivity contribution is 5.94. The fourth-order valence-electron chi connectivity index (χ4n) is 1.98. The second kappa shape index (κ2) is 5.52. The number of halogens is 2. The molecular formula is C13H14F2N2O3. The SMILES string of the molecule is CCN(CC1CC1)C(=O)c1cc(F)c([N+](=O)[O-])cc1F. The maximum atomic E-state index is 13.8. The molecule has 1 saturated carbocycles. The van der Waals surface area contributed by atoms with Gasteiger partial charge in [-0.15, -0.1) is 0 Å². The predicted molar refractivity (Wildman–Crippen MR) is 67.3 cm³/mol. The fourth-order valence-corrected chi connectivity index (χ4v) is 1.98. The molecule has 0 N–H and O–H groups in total. The molecule has 2 rings (SSSR count). The van der Waals surface area contributed by atoms with Gasteiger partial charge in [0.15, 0.2) is 0 Å². The van der Waals surface area contributed by atoms with Crippen LogP contribution in [0.15, 0.2) is 12.1 Å². The van der Waals surface area contributed by atoms with Crippen molar-refractivity contribution in [1.29, 1.82) is 0 Å². The lowest BCUT2D eigenvalue weighted by molar-refractivity contribution is -0.387. The van der Waals surface area contributed by atoms with Gasteiger partial charge < -0.3 is 4.90 Å². The number of nitro groups is 1. The Morgan fingerprint density at radius 3 is 2.55 bits per heavy atom. The average Bonchev–Trinajstić information content (AvgIpc) is 3.21. The Bertz CT molecular complexity index is 559. The molecule has 0 spiro atoms. The topological polar surface area (TPSA) is 63.5 Å². The van der Waals surface area contributed by atoms with E-state index in [1.54, 1.807) is 6.92 Å². The summed E-state index contributed by atoms with van der Waals surface area (Å²) in [5.74, 6) is -2.49. The summed E-state index contributed by atoms with van der Waals surface area (Å²) in [6, 6.07) is 1.05. The molecule has 0 saturated heterocycles. The molecule has 0 atom stereocenters. The van der Waals surface area contributed by atoms with E-state index in [0.717, 1.165) is 12.8 Å². The number of hydrogen-bond donors (Lipinski definition) is 0. The molecule has 0 heterocycles.